The van der Waals surface area contributed by atoms with Gasteiger partial charge in [0.1, 0.15) is 0 Å². The molecule has 1 heterocycles. The molecule has 0 aliphatic heterocycles. The second-order valence-corrected chi connectivity index (χ2v) is 5.13. The fraction of sp³-hybridized carbons (Fsp3) is 0.357. The van der Waals surface area contributed by atoms with E-state index in [0.717, 1.165) is 29.8 Å². The number of hydrogen-bond acceptors (Lipinski definition) is 3. The van der Waals surface area contributed by atoms with E-state index >= 15 is 0 Å². The lowest BCUT2D eigenvalue weighted by atomic mass is 10.0. The highest BCUT2D eigenvalue weighted by atomic mass is 35.5. The first-order valence-corrected chi connectivity index (χ1v) is 6.74. The first kappa shape index (κ1) is 14.1. The Labute approximate surface area is 118 Å². The summed E-state index contributed by atoms with van der Waals surface area (Å²) in [4.78, 5) is 0. The summed E-state index contributed by atoms with van der Waals surface area (Å²) in [5.41, 5.74) is 5.22. The number of aromatic nitrogens is 2. The summed E-state index contributed by atoms with van der Waals surface area (Å²) >= 11 is 6.16. The molecule has 5 heteroatoms. The van der Waals surface area contributed by atoms with Crippen molar-refractivity contribution in [1.29, 1.82) is 0 Å². The summed E-state index contributed by atoms with van der Waals surface area (Å²) in [6.45, 7) is 0. The van der Waals surface area contributed by atoms with Gasteiger partial charge < -0.3 is 0 Å². The normalized spacial score (nSPS) is 12.6. The number of benzene rings is 1. The van der Waals surface area contributed by atoms with Gasteiger partial charge in [0.2, 0.25) is 0 Å². The van der Waals surface area contributed by atoms with E-state index in [1.54, 1.807) is 0 Å². The maximum absolute atomic E-state index is 6.16. The Morgan fingerprint density at radius 3 is 2.84 bits per heavy atom. The number of halogens is 1. The van der Waals surface area contributed by atoms with Gasteiger partial charge in [-0.2, -0.15) is 5.10 Å². The molecule has 0 amide bonds. The van der Waals surface area contributed by atoms with Crippen LogP contribution in [0.15, 0.2) is 36.7 Å². The monoisotopic (exact) mass is 278 g/mol. The molecule has 0 fully saturated rings. The van der Waals surface area contributed by atoms with Crippen LogP contribution >= 0.6 is 11.6 Å². The van der Waals surface area contributed by atoms with Gasteiger partial charge in [-0.05, 0) is 36.5 Å². The fourth-order valence-electron chi connectivity index (χ4n) is 2.12. The first-order chi connectivity index (χ1) is 9.19. The van der Waals surface area contributed by atoms with Gasteiger partial charge >= 0.3 is 0 Å². The van der Waals surface area contributed by atoms with E-state index in [1.807, 2.05) is 48.4 Å². The van der Waals surface area contributed by atoms with Crippen LogP contribution in [0.1, 0.15) is 17.5 Å². The molecule has 0 bridgehead atoms. The largest absolute Gasteiger partial charge is 0.276 e. The van der Waals surface area contributed by atoms with E-state index in [-0.39, 0.29) is 6.04 Å². The lowest BCUT2D eigenvalue weighted by Gasteiger charge is -2.16. The molecule has 0 aliphatic carbocycles. The molecule has 0 aliphatic rings. The van der Waals surface area contributed by atoms with Crippen LogP contribution in [0.2, 0.25) is 5.02 Å². The van der Waals surface area contributed by atoms with Crippen LogP contribution in [0.5, 0.6) is 0 Å². The standard InChI is InChI=1S/C14H19ClN4/c1-19-10-11(9-17-19)6-7-13(18-16)8-12-4-2-3-5-14(12)15/h2-5,9-10,13,18H,6-8,16H2,1H3. The zero-order valence-corrected chi connectivity index (χ0v) is 11.8. The minimum atomic E-state index is 0.208. The Morgan fingerprint density at radius 1 is 1.42 bits per heavy atom. The van der Waals surface area contributed by atoms with E-state index in [2.05, 4.69) is 10.5 Å². The molecule has 2 aromatic rings. The second kappa shape index (κ2) is 6.70. The van der Waals surface area contributed by atoms with Gasteiger partial charge in [-0.15, -0.1) is 0 Å². The average Bonchev–Trinajstić information content (AvgIpc) is 2.82. The maximum Gasteiger partial charge on any atom is 0.0521 e. The third kappa shape index (κ3) is 4.06. The second-order valence-electron chi connectivity index (χ2n) is 4.72. The zero-order chi connectivity index (χ0) is 13.7. The summed E-state index contributed by atoms with van der Waals surface area (Å²) < 4.78 is 1.81. The van der Waals surface area contributed by atoms with Crippen LogP contribution in [0.4, 0.5) is 0 Å². The molecule has 19 heavy (non-hydrogen) atoms. The number of nitrogens with one attached hydrogen (secondary N) is 1. The van der Waals surface area contributed by atoms with Crippen LogP contribution in [0.25, 0.3) is 0 Å². The zero-order valence-electron chi connectivity index (χ0n) is 11.0. The van der Waals surface area contributed by atoms with Crippen molar-refractivity contribution in [2.24, 2.45) is 12.9 Å². The highest BCUT2D eigenvalue weighted by Gasteiger charge is 2.10. The van der Waals surface area contributed by atoms with E-state index < -0.39 is 0 Å². The molecule has 0 saturated carbocycles. The Hall–Kier alpha value is -1.36. The van der Waals surface area contributed by atoms with Crippen LogP contribution in [-0.4, -0.2) is 15.8 Å². The molecule has 102 valence electrons. The Kier molecular flexibility index (Phi) is 4.96. The van der Waals surface area contributed by atoms with Crippen LogP contribution in [-0.2, 0) is 19.9 Å². The van der Waals surface area contributed by atoms with Crippen molar-refractivity contribution in [2.75, 3.05) is 0 Å². The van der Waals surface area contributed by atoms with Crippen molar-refractivity contribution >= 4 is 11.6 Å². The summed E-state index contributed by atoms with van der Waals surface area (Å²) in [6, 6.07) is 8.09. The van der Waals surface area contributed by atoms with Crippen molar-refractivity contribution < 1.29 is 0 Å². The average molecular weight is 279 g/mol. The van der Waals surface area contributed by atoms with Crippen molar-refractivity contribution in [3.05, 3.63) is 52.8 Å². The van der Waals surface area contributed by atoms with E-state index in [4.69, 9.17) is 17.4 Å². The Bertz CT molecular complexity index is 524. The SMILES string of the molecule is Cn1cc(CCC(Cc2ccccc2Cl)NN)cn1. The number of nitrogens with zero attached hydrogens (tertiary/aromatic N) is 2. The van der Waals surface area contributed by atoms with Gasteiger partial charge in [-0.1, -0.05) is 29.8 Å². The fourth-order valence-corrected chi connectivity index (χ4v) is 2.33. The number of hydrazine groups is 1. The summed E-state index contributed by atoms with van der Waals surface area (Å²) in [6.07, 6.45) is 6.66. The molecule has 1 aromatic heterocycles. The minimum absolute atomic E-state index is 0.208. The van der Waals surface area contributed by atoms with Crippen LogP contribution in [0, 0.1) is 0 Å². The van der Waals surface area contributed by atoms with Crippen molar-refractivity contribution in [1.82, 2.24) is 15.2 Å². The van der Waals surface area contributed by atoms with Gasteiger partial charge in [-0.3, -0.25) is 16.0 Å². The number of rotatable bonds is 6. The number of hydrogen-bond donors (Lipinski definition) is 2. The number of nitrogens with two attached hydrogens (primary N) is 1. The molecule has 0 spiro atoms. The quantitative estimate of drug-likeness (QED) is 0.628. The maximum atomic E-state index is 6.16. The molecule has 0 saturated heterocycles. The Morgan fingerprint density at radius 2 is 2.21 bits per heavy atom. The molecule has 1 atom stereocenters. The van der Waals surface area contributed by atoms with Gasteiger partial charge in [0.25, 0.3) is 0 Å². The molecule has 1 unspecified atom stereocenters. The van der Waals surface area contributed by atoms with Gasteiger partial charge in [-0.25, -0.2) is 0 Å². The predicted molar refractivity (Wildman–Crippen MR) is 77.8 cm³/mol. The molecule has 4 nitrogen and oxygen atoms in total. The van der Waals surface area contributed by atoms with Crippen molar-refractivity contribution in [2.45, 2.75) is 25.3 Å². The number of aryl methyl sites for hydroxylation is 2. The minimum Gasteiger partial charge on any atom is -0.276 e. The molecule has 3 N–H and O–H groups in total. The molecular weight excluding hydrogens is 260 g/mol. The molecule has 2 rings (SSSR count). The molecule has 1 aromatic carbocycles. The summed E-state index contributed by atoms with van der Waals surface area (Å²) in [5, 5.41) is 4.96. The molecular formula is C14H19ClN4. The van der Waals surface area contributed by atoms with Crippen LogP contribution in [0.3, 0.4) is 0 Å². The topological polar surface area (TPSA) is 55.9 Å². The third-order valence-corrected chi connectivity index (χ3v) is 3.57. The summed E-state index contributed by atoms with van der Waals surface area (Å²) in [7, 11) is 1.92. The van der Waals surface area contributed by atoms with Crippen molar-refractivity contribution in [3.8, 4) is 0 Å². The lowest BCUT2D eigenvalue weighted by Crippen LogP contribution is -2.37. The van der Waals surface area contributed by atoms with E-state index in [1.165, 1.54) is 5.56 Å². The van der Waals surface area contributed by atoms with E-state index in [9.17, 15) is 0 Å². The first-order valence-electron chi connectivity index (χ1n) is 6.36. The van der Waals surface area contributed by atoms with Crippen molar-refractivity contribution in [3.63, 3.8) is 0 Å². The molecule has 0 radical (unpaired) electrons. The predicted octanol–water partition coefficient (Wildman–Crippen LogP) is 2.08. The van der Waals surface area contributed by atoms with Gasteiger partial charge in [0.05, 0.1) is 6.20 Å². The highest BCUT2D eigenvalue weighted by Crippen LogP contribution is 2.18. The highest BCUT2D eigenvalue weighted by molar-refractivity contribution is 6.31. The third-order valence-electron chi connectivity index (χ3n) is 3.20. The lowest BCUT2D eigenvalue weighted by molar-refractivity contribution is 0.491. The van der Waals surface area contributed by atoms with Crippen LogP contribution < -0.4 is 11.3 Å². The summed E-state index contributed by atoms with van der Waals surface area (Å²) in [5.74, 6) is 5.63. The Balaban J connectivity index is 1.92. The smallest absolute Gasteiger partial charge is 0.0521 e. The van der Waals surface area contributed by atoms with Gasteiger partial charge in [0, 0.05) is 24.3 Å². The van der Waals surface area contributed by atoms with Gasteiger partial charge in [0.15, 0.2) is 0 Å². The van der Waals surface area contributed by atoms with E-state index in [0.29, 0.717) is 0 Å².